The number of halogens is 1. The molecule has 2 aromatic rings. The third kappa shape index (κ3) is 2.99. The molecule has 0 unspecified atom stereocenters. The van der Waals surface area contributed by atoms with E-state index in [1.807, 2.05) is 30.5 Å². The van der Waals surface area contributed by atoms with Crippen molar-refractivity contribution in [2.75, 3.05) is 5.73 Å². The third-order valence-electron chi connectivity index (χ3n) is 4.21. The second-order valence-corrected chi connectivity index (χ2v) is 7.13. The lowest BCUT2D eigenvalue weighted by molar-refractivity contribution is 0.0940. The molecule has 3 rings (SSSR count). The number of hydrogen-bond acceptors (Lipinski definition) is 3. The number of nitrogens with one attached hydrogen (secondary N) is 1. The number of hydrogen-bond donors (Lipinski definition) is 2. The van der Waals surface area contributed by atoms with Crippen molar-refractivity contribution in [2.24, 2.45) is 0 Å². The number of amides is 1. The van der Waals surface area contributed by atoms with Crippen LogP contribution in [0.2, 0.25) is 5.02 Å². The van der Waals surface area contributed by atoms with Crippen LogP contribution in [0.4, 0.5) is 5.00 Å². The average molecular weight is 335 g/mol. The second kappa shape index (κ2) is 6.31. The smallest absolute Gasteiger partial charge is 0.255 e. The molecular formula is C17H19ClN2OS. The number of nitrogens with two attached hydrogens (primary N) is 1. The van der Waals surface area contributed by atoms with Crippen LogP contribution in [0.5, 0.6) is 0 Å². The first kappa shape index (κ1) is 15.4. The van der Waals surface area contributed by atoms with Crippen molar-refractivity contribution in [3.8, 4) is 11.1 Å². The van der Waals surface area contributed by atoms with E-state index in [0.717, 1.165) is 34.6 Å². The number of carbonyl (C=O) groups is 1. The van der Waals surface area contributed by atoms with Crippen molar-refractivity contribution in [2.45, 2.75) is 38.6 Å². The Kier molecular flexibility index (Phi) is 4.41. The fraction of sp³-hybridized carbons (Fsp3) is 0.353. The van der Waals surface area contributed by atoms with E-state index in [1.54, 1.807) is 0 Å². The summed E-state index contributed by atoms with van der Waals surface area (Å²) in [7, 11) is 0. The van der Waals surface area contributed by atoms with Crippen molar-refractivity contribution in [3.63, 3.8) is 0 Å². The van der Waals surface area contributed by atoms with Crippen LogP contribution < -0.4 is 11.1 Å². The van der Waals surface area contributed by atoms with Crippen LogP contribution in [0.3, 0.4) is 0 Å². The Morgan fingerprint density at radius 3 is 2.77 bits per heavy atom. The van der Waals surface area contributed by atoms with Gasteiger partial charge in [0.15, 0.2) is 0 Å². The third-order valence-corrected chi connectivity index (χ3v) is 5.44. The molecule has 1 heterocycles. The van der Waals surface area contributed by atoms with E-state index < -0.39 is 0 Å². The topological polar surface area (TPSA) is 55.1 Å². The Bertz CT molecular complexity index is 705. The Labute approximate surface area is 139 Å². The van der Waals surface area contributed by atoms with Crippen molar-refractivity contribution in [1.29, 1.82) is 0 Å². The number of rotatable bonds is 3. The quantitative estimate of drug-likeness (QED) is 0.859. The fourth-order valence-electron chi connectivity index (χ4n) is 2.96. The molecule has 1 amide bonds. The summed E-state index contributed by atoms with van der Waals surface area (Å²) in [5.74, 6) is -0.0618. The van der Waals surface area contributed by atoms with Gasteiger partial charge in [0, 0.05) is 22.0 Å². The minimum atomic E-state index is -0.0618. The van der Waals surface area contributed by atoms with Gasteiger partial charge in [-0.3, -0.25) is 4.79 Å². The van der Waals surface area contributed by atoms with Crippen LogP contribution >= 0.6 is 22.9 Å². The van der Waals surface area contributed by atoms with E-state index in [4.69, 9.17) is 17.3 Å². The van der Waals surface area contributed by atoms with Gasteiger partial charge < -0.3 is 11.1 Å². The molecule has 22 heavy (non-hydrogen) atoms. The van der Waals surface area contributed by atoms with Gasteiger partial charge in [0.1, 0.15) is 0 Å². The monoisotopic (exact) mass is 334 g/mol. The minimum Gasteiger partial charge on any atom is -0.390 e. The lowest BCUT2D eigenvalue weighted by Crippen LogP contribution is -2.33. The first-order valence-electron chi connectivity index (χ1n) is 7.50. The van der Waals surface area contributed by atoms with E-state index in [0.29, 0.717) is 10.6 Å². The molecule has 1 aliphatic carbocycles. The van der Waals surface area contributed by atoms with Gasteiger partial charge in [0.25, 0.3) is 5.91 Å². The molecule has 3 nitrogen and oxygen atoms in total. The molecule has 0 saturated heterocycles. The van der Waals surface area contributed by atoms with Crippen LogP contribution in [-0.4, -0.2) is 11.9 Å². The van der Waals surface area contributed by atoms with Gasteiger partial charge in [-0.1, -0.05) is 30.5 Å². The molecule has 1 fully saturated rings. The molecule has 0 aliphatic heterocycles. The molecule has 0 radical (unpaired) electrons. The summed E-state index contributed by atoms with van der Waals surface area (Å²) in [6.07, 6.45) is 4.50. The van der Waals surface area contributed by atoms with E-state index in [1.165, 1.54) is 24.2 Å². The van der Waals surface area contributed by atoms with E-state index in [-0.39, 0.29) is 11.9 Å². The maximum Gasteiger partial charge on any atom is 0.255 e. The Morgan fingerprint density at radius 2 is 2.09 bits per heavy atom. The summed E-state index contributed by atoms with van der Waals surface area (Å²) in [6, 6.07) is 6.07. The van der Waals surface area contributed by atoms with Gasteiger partial charge in [-0.05, 0) is 43.0 Å². The van der Waals surface area contributed by atoms with Gasteiger partial charge in [-0.15, -0.1) is 11.3 Å². The molecule has 1 aliphatic rings. The Morgan fingerprint density at radius 1 is 1.36 bits per heavy atom. The molecule has 0 bridgehead atoms. The van der Waals surface area contributed by atoms with Gasteiger partial charge in [0.05, 0.1) is 10.6 Å². The number of thiophene rings is 1. The van der Waals surface area contributed by atoms with Crippen LogP contribution in [0.1, 0.15) is 41.6 Å². The molecule has 1 aromatic heterocycles. The van der Waals surface area contributed by atoms with Crippen molar-refractivity contribution in [1.82, 2.24) is 5.32 Å². The van der Waals surface area contributed by atoms with Crippen LogP contribution in [0, 0.1) is 6.92 Å². The highest BCUT2D eigenvalue weighted by Gasteiger charge is 2.23. The summed E-state index contributed by atoms with van der Waals surface area (Å²) in [5, 5.41) is 6.36. The predicted molar refractivity (Wildman–Crippen MR) is 93.6 cm³/mol. The summed E-state index contributed by atoms with van der Waals surface area (Å²) >= 11 is 7.49. The Hall–Kier alpha value is -1.52. The van der Waals surface area contributed by atoms with Crippen molar-refractivity contribution >= 4 is 33.8 Å². The second-order valence-electron chi connectivity index (χ2n) is 5.81. The number of anilines is 1. The van der Waals surface area contributed by atoms with E-state index in [2.05, 4.69) is 5.32 Å². The Balaban J connectivity index is 1.92. The normalized spacial score (nSPS) is 15.2. The van der Waals surface area contributed by atoms with Crippen LogP contribution in [0.15, 0.2) is 23.6 Å². The number of carbonyl (C=O) groups excluding carboxylic acids is 1. The highest BCUT2D eigenvalue weighted by Crippen LogP contribution is 2.35. The fourth-order valence-corrected chi connectivity index (χ4v) is 3.90. The largest absolute Gasteiger partial charge is 0.390 e. The van der Waals surface area contributed by atoms with E-state index in [9.17, 15) is 4.79 Å². The molecule has 0 spiro atoms. The van der Waals surface area contributed by atoms with Gasteiger partial charge >= 0.3 is 0 Å². The summed E-state index contributed by atoms with van der Waals surface area (Å²) < 4.78 is 0. The van der Waals surface area contributed by atoms with Crippen LogP contribution in [0.25, 0.3) is 11.1 Å². The molecule has 5 heteroatoms. The zero-order valence-corrected chi connectivity index (χ0v) is 14.1. The summed E-state index contributed by atoms with van der Waals surface area (Å²) in [4.78, 5) is 12.6. The maximum absolute atomic E-state index is 12.6. The molecule has 0 atom stereocenters. The van der Waals surface area contributed by atoms with E-state index >= 15 is 0 Å². The first-order chi connectivity index (χ1) is 10.6. The standard InChI is InChI=1S/C17H19ClN2OS/c1-10-8-11(6-7-14(10)18)13-9-22-16(19)15(13)17(21)20-12-4-2-3-5-12/h6-9,12H,2-5,19H2,1H3,(H,20,21). The lowest BCUT2D eigenvalue weighted by atomic mass is 10.0. The van der Waals surface area contributed by atoms with Gasteiger partial charge in [-0.2, -0.15) is 0 Å². The first-order valence-corrected chi connectivity index (χ1v) is 8.76. The molecule has 3 N–H and O–H groups in total. The zero-order chi connectivity index (χ0) is 15.7. The number of nitrogen functional groups attached to an aromatic ring is 1. The van der Waals surface area contributed by atoms with Gasteiger partial charge in [0.2, 0.25) is 0 Å². The number of aryl methyl sites for hydroxylation is 1. The summed E-state index contributed by atoms with van der Waals surface area (Å²) in [5.41, 5.74) is 9.51. The van der Waals surface area contributed by atoms with Crippen LogP contribution in [-0.2, 0) is 0 Å². The molecular weight excluding hydrogens is 316 g/mol. The number of benzene rings is 1. The zero-order valence-electron chi connectivity index (χ0n) is 12.5. The molecule has 1 saturated carbocycles. The molecule has 116 valence electrons. The SMILES string of the molecule is Cc1cc(-c2csc(N)c2C(=O)NC2CCCC2)ccc1Cl. The molecule has 1 aromatic carbocycles. The highest BCUT2D eigenvalue weighted by atomic mass is 35.5. The maximum atomic E-state index is 12.6. The summed E-state index contributed by atoms with van der Waals surface area (Å²) in [6.45, 7) is 1.96. The minimum absolute atomic E-state index is 0.0618. The van der Waals surface area contributed by atoms with Gasteiger partial charge in [-0.25, -0.2) is 0 Å². The van der Waals surface area contributed by atoms with Crippen molar-refractivity contribution < 1.29 is 4.79 Å². The van der Waals surface area contributed by atoms with Crippen molar-refractivity contribution in [3.05, 3.63) is 39.7 Å². The lowest BCUT2D eigenvalue weighted by Gasteiger charge is -2.13. The average Bonchev–Trinajstić information content (AvgIpc) is 3.11. The predicted octanol–water partition coefficient (Wildman–Crippen LogP) is 4.63. The highest BCUT2D eigenvalue weighted by molar-refractivity contribution is 7.15.